The van der Waals surface area contributed by atoms with Gasteiger partial charge in [0.1, 0.15) is 11.3 Å². The summed E-state index contributed by atoms with van der Waals surface area (Å²) in [6.45, 7) is 7.74. The lowest BCUT2D eigenvalue weighted by Crippen LogP contribution is -2.37. The highest BCUT2D eigenvalue weighted by Crippen LogP contribution is 2.26. The number of thiocarbonyl (C=S) groups is 1. The Morgan fingerprint density at radius 2 is 1.66 bits per heavy atom. The zero-order chi connectivity index (χ0) is 25.1. The molecule has 2 N–H and O–H groups in total. The Balaban J connectivity index is 1.29. The SMILES string of the molecule is Cc1cc2nc(Cc3ccc(NC(=S)NC(=O)COc4cc(C)c(Cl)c(C)c4)cc3)oc2cc1C. The van der Waals surface area contributed by atoms with Crippen LogP contribution in [0.15, 0.2) is 52.9 Å². The number of anilines is 1. The monoisotopic (exact) mass is 507 g/mol. The number of nitrogens with one attached hydrogen (secondary N) is 2. The van der Waals surface area contributed by atoms with Gasteiger partial charge in [-0.15, -0.1) is 0 Å². The van der Waals surface area contributed by atoms with E-state index in [4.69, 9.17) is 33.0 Å². The number of fused-ring (bicyclic) bond motifs is 1. The number of oxazole rings is 1. The van der Waals surface area contributed by atoms with E-state index in [0.717, 1.165) is 33.5 Å². The van der Waals surface area contributed by atoms with E-state index in [2.05, 4.69) is 29.5 Å². The zero-order valence-corrected chi connectivity index (χ0v) is 21.6. The molecule has 0 saturated carbocycles. The normalized spacial score (nSPS) is 10.9. The number of hydrogen-bond donors (Lipinski definition) is 2. The van der Waals surface area contributed by atoms with Gasteiger partial charge >= 0.3 is 0 Å². The third kappa shape index (κ3) is 6.18. The molecule has 4 rings (SSSR count). The fourth-order valence-electron chi connectivity index (χ4n) is 3.65. The summed E-state index contributed by atoms with van der Waals surface area (Å²) in [5, 5.41) is 6.52. The van der Waals surface area contributed by atoms with Gasteiger partial charge in [-0.3, -0.25) is 10.1 Å². The number of benzene rings is 3. The molecule has 0 aliphatic carbocycles. The number of nitrogens with zero attached hydrogens (tertiary/aromatic N) is 1. The van der Waals surface area contributed by atoms with Crippen molar-refractivity contribution in [3.05, 3.63) is 87.3 Å². The minimum Gasteiger partial charge on any atom is -0.484 e. The molecule has 1 aromatic heterocycles. The van der Waals surface area contributed by atoms with E-state index >= 15 is 0 Å². The summed E-state index contributed by atoms with van der Waals surface area (Å²) in [5.74, 6) is 0.892. The smallest absolute Gasteiger partial charge is 0.264 e. The Morgan fingerprint density at radius 1 is 1.00 bits per heavy atom. The second kappa shape index (κ2) is 10.5. The molecule has 0 saturated heterocycles. The Kier molecular flexibility index (Phi) is 7.38. The minimum absolute atomic E-state index is 0.162. The number of aromatic nitrogens is 1. The lowest BCUT2D eigenvalue weighted by atomic mass is 10.1. The third-order valence-electron chi connectivity index (χ3n) is 5.65. The number of amides is 1. The fraction of sp³-hybridized carbons (Fsp3) is 0.222. The van der Waals surface area contributed by atoms with Crippen LogP contribution in [0.4, 0.5) is 5.69 Å². The van der Waals surface area contributed by atoms with Crippen molar-refractivity contribution in [1.82, 2.24) is 10.3 Å². The predicted molar refractivity (Wildman–Crippen MR) is 144 cm³/mol. The van der Waals surface area contributed by atoms with Crippen molar-refractivity contribution >= 4 is 51.6 Å². The zero-order valence-electron chi connectivity index (χ0n) is 20.0. The third-order valence-corrected chi connectivity index (χ3v) is 6.45. The van der Waals surface area contributed by atoms with E-state index in [1.54, 1.807) is 12.1 Å². The van der Waals surface area contributed by atoms with Gasteiger partial charge in [-0.25, -0.2) is 4.98 Å². The largest absolute Gasteiger partial charge is 0.484 e. The second-order valence-electron chi connectivity index (χ2n) is 8.55. The van der Waals surface area contributed by atoms with Crippen molar-refractivity contribution in [3.8, 4) is 5.75 Å². The van der Waals surface area contributed by atoms with Gasteiger partial charge in [0.2, 0.25) is 0 Å². The molecule has 0 aliphatic rings. The molecular weight excluding hydrogens is 482 g/mol. The number of carbonyl (C=O) groups is 1. The van der Waals surface area contributed by atoms with Crippen molar-refractivity contribution in [2.24, 2.45) is 0 Å². The molecular formula is C27H26ClN3O3S. The Labute approximate surface area is 214 Å². The standard InChI is InChI=1S/C27H26ClN3O3S/c1-15-11-22-23(12-16(15)2)34-25(30-22)13-19-5-7-20(8-6-19)29-27(35)31-24(32)14-33-21-9-17(3)26(28)18(4)10-21/h5-12H,13-14H2,1-4H3,(H2,29,31,32,35). The van der Waals surface area contributed by atoms with E-state index in [1.807, 2.05) is 50.2 Å². The number of ether oxygens (including phenoxy) is 1. The second-order valence-corrected chi connectivity index (χ2v) is 9.33. The molecule has 6 nitrogen and oxygen atoms in total. The molecule has 3 aromatic carbocycles. The summed E-state index contributed by atoms with van der Waals surface area (Å²) in [7, 11) is 0. The summed E-state index contributed by atoms with van der Waals surface area (Å²) < 4.78 is 11.5. The molecule has 0 bridgehead atoms. The maximum Gasteiger partial charge on any atom is 0.264 e. The topological polar surface area (TPSA) is 76.4 Å². The van der Waals surface area contributed by atoms with Gasteiger partial charge in [-0.2, -0.15) is 0 Å². The number of rotatable bonds is 6. The van der Waals surface area contributed by atoms with Crippen LogP contribution in [0.25, 0.3) is 11.1 Å². The van der Waals surface area contributed by atoms with Crippen molar-refractivity contribution in [1.29, 1.82) is 0 Å². The molecule has 0 radical (unpaired) electrons. The van der Waals surface area contributed by atoms with Gasteiger partial charge in [0.15, 0.2) is 23.2 Å². The van der Waals surface area contributed by atoms with Gasteiger partial charge in [-0.1, -0.05) is 23.7 Å². The average Bonchev–Trinajstić information content (AvgIpc) is 3.18. The Hall–Kier alpha value is -3.42. The van der Waals surface area contributed by atoms with Crippen LogP contribution in [0.1, 0.15) is 33.7 Å². The van der Waals surface area contributed by atoms with Crippen LogP contribution in [0, 0.1) is 27.7 Å². The molecule has 8 heteroatoms. The number of carbonyl (C=O) groups excluding carboxylic acids is 1. The summed E-state index contributed by atoms with van der Waals surface area (Å²) in [5.41, 5.74) is 7.63. The quantitative estimate of drug-likeness (QED) is 0.303. The average molecular weight is 508 g/mol. The lowest BCUT2D eigenvalue weighted by molar-refractivity contribution is -0.121. The number of halogens is 1. The van der Waals surface area contributed by atoms with Crippen LogP contribution in [0.2, 0.25) is 5.02 Å². The van der Waals surface area contributed by atoms with Crippen LogP contribution in [-0.4, -0.2) is 22.6 Å². The van der Waals surface area contributed by atoms with Crippen molar-refractivity contribution in [2.45, 2.75) is 34.1 Å². The van der Waals surface area contributed by atoms with E-state index in [9.17, 15) is 4.79 Å². The van der Waals surface area contributed by atoms with Crippen LogP contribution in [0.5, 0.6) is 5.75 Å². The molecule has 0 fully saturated rings. The van der Waals surface area contributed by atoms with E-state index in [-0.39, 0.29) is 17.6 Å². The molecule has 0 spiro atoms. The Morgan fingerprint density at radius 3 is 2.34 bits per heavy atom. The highest BCUT2D eigenvalue weighted by Gasteiger charge is 2.10. The maximum absolute atomic E-state index is 12.2. The fourth-order valence-corrected chi connectivity index (χ4v) is 3.99. The number of aryl methyl sites for hydroxylation is 4. The van der Waals surface area contributed by atoms with Crippen molar-refractivity contribution < 1.29 is 13.9 Å². The minimum atomic E-state index is -0.356. The summed E-state index contributed by atoms with van der Waals surface area (Å²) in [6.07, 6.45) is 0.579. The number of hydrogen-bond acceptors (Lipinski definition) is 5. The van der Waals surface area contributed by atoms with E-state index in [1.165, 1.54) is 11.1 Å². The summed E-state index contributed by atoms with van der Waals surface area (Å²) >= 11 is 11.4. The molecule has 180 valence electrons. The molecule has 1 heterocycles. The van der Waals surface area contributed by atoms with Gasteiger partial charge < -0.3 is 14.5 Å². The van der Waals surface area contributed by atoms with Gasteiger partial charge in [0.25, 0.3) is 5.91 Å². The van der Waals surface area contributed by atoms with E-state index < -0.39 is 0 Å². The van der Waals surface area contributed by atoms with Crippen molar-refractivity contribution in [2.75, 3.05) is 11.9 Å². The highest BCUT2D eigenvalue weighted by atomic mass is 35.5. The van der Waals surface area contributed by atoms with Gasteiger partial charge in [-0.05, 0) is 104 Å². The summed E-state index contributed by atoms with van der Waals surface area (Å²) in [4.78, 5) is 16.8. The first-order valence-corrected chi connectivity index (χ1v) is 11.9. The first-order chi connectivity index (χ1) is 16.7. The molecule has 1 amide bonds. The van der Waals surface area contributed by atoms with Crippen LogP contribution in [-0.2, 0) is 11.2 Å². The lowest BCUT2D eigenvalue weighted by Gasteiger charge is -2.12. The highest BCUT2D eigenvalue weighted by molar-refractivity contribution is 7.80. The predicted octanol–water partition coefficient (Wildman–Crippen LogP) is 6.20. The van der Waals surface area contributed by atoms with Crippen LogP contribution in [0.3, 0.4) is 0 Å². The van der Waals surface area contributed by atoms with Crippen LogP contribution >= 0.6 is 23.8 Å². The molecule has 4 aromatic rings. The first-order valence-electron chi connectivity index (χ1n) is 11.1. The molecule has 35 heavy (non-hydrogen) atoms. The Bertz CT molecular complexity index is 1350. The molecule has 0 unspecified atom stereocenters. The first kappa shape index (κ1) is 24.7. The van der Waals surface area contributed by atoms with Crippen molar-refractivity contribution in [3.63, 3.8) is 0 Å². The maximum atomic E-state index is 12.2. The molecule has 0 aliphatic heterocycles. The summed E-state index contributed by atoms with van der Waals surface area (Å²) in [6, 6.07) is 15.4. The van der Waals surface area contributed by atoms with Gasteiger partial charge in [0, 0.05) is 17.1 Å². The molecule has 0 atom stereocenters. The van der Waals surface area contributed by atoms with E-state index in [0.29, 0.717) is 23.1 Å². The van der Waals surface area contributed by atoms with Gasteiger partial charge in [0.05, 0.1) is 0 Å². The van der Waals surface area contributed by atoms with Crippen LogP contribution < -0.4 is 15.4 Å².